The van der Waals surface area contributed by atoms with Crippen LogP contribution in [0.2, 0.25) is 0 Å². The van der Waals surface area contributed by atoms with E-state index in [4.69, 9.17) is 0 Å². The largest absolute Gasteiger partial charge is 0.439 e. The minimum atomic E-state index is -0.543. The van der Waals surface area contributed by atoms with Gasteiger partial charge in [-0.05, 0) is 18.6 Å². The molecule has 5 heteroatoms. The third-order valence-electron chi connectivity index (χ3n) is 2.04. The standard InChI is InChI=1S/C10H11N3O2/c1-2-3-8-6-7(4-5-11-8)9-12-10(14)15-13-9/h4-6H,2-3H2,1H3,(H,12,13,14). The molecule has 78 valence electrons. The molecule has 0 aliphatic carbocycles. The van der Waals surface area contributed by atoms with Gasteiger partial charge in [0, 0.05) is 17.5 Å². The van der Waals surface area contributed by atoms with Crippen LogP contribution in [0.15, 0.2) is 27.6 Å². The summed E-state index contributed by atoms with van der Waals surface area (Å²) in [5.41, 5.74) is 1.80. The van der Waals surface area contributed by atoms with Crippen LogP contribution < -0.4 is 5.76 Å². The smallest absolute Gasteiger partial charge is 0.296 e. The molecule has 2 rings (SSSR count). The van der Waals surface area contributed by atoms with Crippen molar-refractivity contribution in [3.8, 4) is 11.4 Å². The molecule has 0 saturated heterocycles. The predicted octanol–water partition coefficient (Wildman–Crippen LogP) is 1.38. The van der Waals surface area contributed by atoms with Crippen LogP contribution in [0.1, 0.15) is 19.0 Å². The maximum Gasteiger partial charge on any atom is 0.439 e. The van der Waals surface area contributed by atoms with Gasteiger partial charge in [0.25, 0.3) is 0 Å². The molecule has 0 aliphatic heterocycles. The molecular formula is C10H11N3O2. The quantitative estimate of drug-likeness (QED) is 0.821. The van der Waals surface area contributed by atoms with E-state index >= 15 is 0 Å². The highest BCUT2D eigenvalue weighted by molar-refractivity contribution is 5.53. The summed E-state index contributed by atoms with van der Waals surface area (Å²) < 4.78 is 4.44. The highest BCUT2D eigenvalue weighted by Gasteiger charge is 2.04. The van der Waals surface area contributed by atoms with Crippen molar-refractivity contribution >= 4 is 0 Å². The highest BCUT2D eigenvalue weighted by atomic mass is 16.5. The predicted molar refractivity (Wildman–Crippen MR) is 54.3 cm³/mol. The summed E-state index contributed by atoms with van der Waals surface area (Å²) in [6, 6.07) is 3.68. The Morgan fingerprint density at radius 3 is 3.07 bits per heavy atom. The molecule has 2 aromatic heterocycles. The van der Waals surface area contributed by atoms with Crippen molar-refractivity contribution in [2.45, 2.75) is 19.8 Å². The first-order chi connectivity index (χ1) is 7.29. The zero-order valence-corrected chi connectivity index (χ0v) is 8.36. The lowest BCUT2D eigenvalue weighted by Crippen LogP contribution is -1.95. The van der Waals surface area contributed by atoms with Crippen molar-refractivity contribution in [3.63, 3.8) is 0 Å². The van der Waals surface area contributed by atoms with Gasteiger partial charge < -0.3 is 0 Å². The summed E-state index contributed by atoms with van der Waals surface area (Å²) in [6.45, 7) is 2.09. The highest BCUT2D eigenvalue weighted by Crippen LogP contribution is 2.13. The summed E-state index contributed by atoms with van der Waals surface area (Å²) in [4.78, 5) is 17.5. The number of aromatic amines is 1. The van der Waals surface area contributed by atoms with E-state index in [0.29, 0.717) is 5.82 Å². The normalized spacial score (nSPS) is 10.5. The number of pyridine rings is 1. The number of hydrogen-bond donors (Lipinski definition) is 1. The summed E-state index contributed by atoms with van der Waals surface area (Å²) in [5, 5.41) is 3.62. The molecule has 0 aliphatic rings. The second kappa shape index (κ2) is 4.08. The Morgan fingerprint density at radius 1 is 1.53 bits per heavy atom. The fourth-order valence-corrected chi connectivity index (χ4v) is 1.37. The lowest BCUT2D eigenvalue weighted by atomic mass is 10.1. The van der Waals surface area contributed by atoms with Crippen molar-refractivity contribution in [1.82, 2.24) is 15.1 Å². The van der Waals surface area contributed by atoms with Crippen LogP contribution in [0.25, 0.3) is 11.4 Å². The van der Waals surface area contributed by atoms with Gasteiger partial charge in [-0.25, -0.2) is 4.79 Å². The molecular weight excluding hydrogens is 194 g/mol. The molecule has 0 aromatic carbocycles. The van der Waals surface area contributed by atoms with Gasteiger partial charge in [0.2, 0.25) is 0 Å². The van der Waals surface area contributed by atoms with Crippen molar-refractivity contribution in [2.75, 3.05) is 0 Å². The van der Waals surface area contributed by atoms with Gasteiger partial charge in [0.05, 0.1) is 0 Å². The maximum absolute atomic E-state index is 10.8. The molecule has 2 aromatic rings. The van der Waals surface area contributed by atoms with Crippen LogP contribution in [-0.4, -0.2) is 15.1 Å². The zero-order valence-electron chi connectivity index (χ0n) is 8.36. The van der Waals surface area contributed by atoms with E-state index in [0.717, 1.165) is 24.1 Å². The van der Waals surface area contributed by atoms with Gasteiger partial charge in [-0.2, -0.15) is 0 Å². The second-order valence-corrected chi connectivity index (χ2v) is 3.23. The third kappa shape index (κ3) is 2.12. The number of hydrogen-bond acceptors (Lipinski definition) is 4. The van der Waals surface area contributed by atoms with E-state index in [1.165, 1.54) is 0 Å². The van der Waals surface area contributed by atoms with Gasteiger partial charge in [0.15, 0.2) is 5.82 Å². The topological polar surface area (TPSA) is 71.8 Å². The molecule has 0 unspecified atom stereocenters. The summed E-state index contributed by atoms with van der Waals surface area (Å²) in [5.74, 6) is -0.0985. The van der Waals surface area contributed by atoms with E-state index in [-0.39, 0.29) is 0 Å². The van der Waals surface area contributed by atoms with E-state index in [9.17, 15) is 4.79 Å². The Labute approximate surface area is 86.1 Å². The van der Waals surface area contributed by atoms with Crippen molar-refractivity contribution in [3.05, 3.63) is 34.6 Å². The molecule has 0 saturated carbocycles. The summed E-state index contributed by atoms with van der Waals surface area (Å²) in [6.07, 6.45) is 3.65. The fourth-order valence-electron chi connectivity index (χ4n) is 1.37. The number of nitrogens with zero attached hydrogens (tertiary/aromatic N) is 2. The van der Waals surface area contributed by atoms with Gasteiger partial charge >= 0.3 is 5.76 Å². The van der Waals surface area contributed by atoms with Gasteiger partial charge in [-0.15, -0.1) is 0 Å². The SMILES string of the molecule is CCCc1cc(-c2noc(=O)[nH]2)ccn1. The Kier molecular flexibility index (Phi) is 2.62. The van der Waals surface area contributed by atoms with E-state index in [2.05, 4.69) is 26.6 Å². The van der Waals surface area contributed by atoms with Gasteiger partial charge in [0.1, 0.15) is 0 Å². The summed E-state index contributed by atoms with van der Waals surface area (Å²) in [7, 11) is 0. The molecule has 0 spiro atoms. The average Bonchev–Trinajstić information content (AvgIpc) is 2.66. The Balaban J connectivity index is 2.36. The molecule has 0 amide bonds. The Morgan fingerprint density at radius 2 is 2.40 bits per heavy atom. The van der Waals surface area contributed by atoms with Crippen LogP contribution in [0.4, 0.5) is 0 Å². The first kappa shape index (κ1) is 9.64. The van der Waals surface area contributed by atoms with Crippen molar-refractivity contribution in [1.29, 1.82) is 0 Å². The number of nitrogens with one attached hydrogen (secondary N) is 1. The fraction of sp³-hybridized carbons (Fsp3) is 0.300. The van der Waals surface area contributed by atoms with Crippen LogP contribution in [0.3, 0.4) is 0 Å². The van der Waals surface area contributed by atoms with Gasteiger partial charge in [-0.1, -0.05) is 18.5 Å². The van der Waals surface area contributed by atoms with Crippen LogP contribution in [-0.2, 0) is 6.42 Å². The van der Waals surface area contributed by atoms with Crippen LogP contribution >= 0.6 is 0 Å². The Bertz CT molecular complexity index is 501. The summed E-state index contributed by atoms with van der Waals surface area (Å²) >= 11 is 0. The Hall–Kier alpha value is -1.91. The molecule has 2 heterocycles. The molecule has 5 nitrogen and oxygen atoms in total. The molecule has 0 radical (unpaired) electrons. The molecule has 0 bridgehead atoms. The first-order valence-corrected chi connectivity index (χ1v) is 4.81. The monoisotopic (exact) mass is 205 g/mol. The zero-order chi connectivity index (χ0) is 10.7. The van der Waals surface area contributed by atoms with Crippen molar-refractivity contribution < 1.29 is 4.52 Å². The molecule has 1 N–H and O–H groups in total. The lowest BCUT2D eigenvalue weighted by molar-refractivity contribution is 0.388. The maximum atomic E-state index is 10.8. The average molecular weight is 205 g/mol. The minimum absolute atomic E-state index is 0.444. The molecule has 0 atom stereocenters. The van der Waals surface area contributed by atoms with Crippen molar-refractivity contribution in [2.24, 2.45) is 0 Å². The number of rotatable bonds is 3. The van der Waals surface area contributed by atoms with Gasteiger partial charge in [-0.3, -0.25) is 14.5 Å². The van der Waals surface area contributed by atoms with E-state index < -0.39 is 5.76 Å². The van der Waals surface area contributed by atoms with Crippen LogP contribution in [0, 0.1) is 0 Å². The molecule has 0 fully saturated rings. The minimum Gasteiger partial charge on any atom is -0.296 e. The third-order valence-corrected chi connectivity index (χ3v) is 2.04. The van der Waals surface area contributed by atoms with E-state index in [1.54, 1.807) is 12.3 Å². The van der Waals surface area contributed by atoms with Crippen LogP contribution in [0.5, 0.6) is 0 Å². The lowest BCUT2D eigenvalue weighted by Gasteiger charge is -1.99. The van der Waals surface area contributed by atoms with E-state index in [1.807, 2.05) is 6.07 Å². The second-order valence-electron chi connectivity index (χ2n) is 3.23. The first-order valence-electron chi connectivity index (χ1n) is 4.81. The number of H-pyrrole nitrogens is 1. The number of aromatic nitrogens is 3. The molecule has 15 heavy (non-hydrogen) atoms. The number of aryl methyl sites for hydroxylation is 1.